The second kappa shape index (κ2) is 8.32. The van der Waals surface area contributed by atoms with Crippen molar-refractivity contribution in [2.75, 3.05) is 29.9 Å². The van der Waals surface area contributed by atoms with Gasteiger partial charge < -0.3 is 25.2 Å². The zero-order valence-electron chi connectivity index (χ0n) is 16.3. The van der Waals surface area contributed by atoms with Crippen LogP contribution in [0.2, 0.25) is 0 Å². The number of rotatable bonds is 5. The van der Waals surface area contributed by atoms with Crippen molar-refractivity contribution in [3.63, 3.8) is 0 Å². The van der Waals surface area contributed by atoms with E-state index < -0.39 is 18.5 Å². The predicted octanol–water partition coefficient (Wildman–Crippen LogP) is 3.65. The van der Waals surface area contributed by atoms with E-state index in [0.717, 1.165) is 24.8 Å². The number of carbonyl (C=O) groups excluding carboxylic acids is 2. The number of ether oxygens (including phenoxy) is 1. The highest BCUT2D eigenvalue weighted by atomic mass is 16.5. The Hall–Kier alpha value is -3.74. The van der Waals surface area contributed by atoms with Crippen LogP contribution in [0.15, 0.2) is 54.6 Å². The Morgan fingerprint density at radius 1 is 0.967 bits per heavy atom. The molecule has 0 saturated carbocycles. The van der Waals surface area contributed by atoms with Gasteiger partial charge in [0.2, 0.25) is 0 Å². The van der Waals surface area contributed by atoms with Crippen molar-refractivity contribution in [2.45, 2.75) is 12.8 Å². The number of nitrogens with one attached hydrogen (secondary N) is 1. The normalized spacial score (nSPS) is 13.4. The van der Waals surface area contributed by atoms with E-state index in [9.17, 15) is 19.8 Å². The van der Waals surface area contributed by atoms with Crippen molar-refractivity contribution in [3.8, 4) is 11.5 Å². The minimum absolute atomic E-state index is 0.155. The Balaban J connectivity index is 1.37. The molecular weight excluding hydrogens is 384 g/mol. The van der Waals surface area contributed by atoms with Gasteiger partial charge in [-0.2, -0.15) is 0 Å². The van der Waals surface area contributed by atoms with Gasteiger partial charge in [-0.3, -0.25) is 4.79 Å². The number of benzene rings is 3. The maximum Gasteiger partial charge on any atom is 0.342 e. The smallest absolute Gasteiger partial charge is 0.342 e. The Labute approximate surface area is 173 Å². The van der Waals surface area contributed by atoms with E-state index in [4.69, 9.17) is 4.74 Å². The van der Waals surface area contributed by atoms with Gasteiger partial charge in [0.05, 0.1) is 0 Å². The van der Waals surface area contributed by atoms with Crippen LogP contribution in [0.4, 0.5) is 11.4 Å². The lowest BCUT2D eigenvalue weighted by Crippen LogP contribution is -2.21. The lowest BCUT2D eigenvalue weighted by molar-refractivity contribution is -0.119. The second-order valence-electron chi connectivity index (χ2n) is 7.20. The van der Waals surface area contributed by atoms with E-state index >= 15 is 0 Å². The van der Waals surface area contributed by atoms with E-state index in [2.05, 4.69) is 10.2 Å². The summed E-state index contributed by atoms with van der Waals surface area (Å²) < 4.78 is 5.02. The number of fused-ring (bicyclic) bond motifs is 1. The van der Waals surface area contributed by atoms with Crippen LogP contribution in [0.5, 0.6) is 11.5 Å². The number of hydrogen-bond donors (Lipinski definition) is 3. The zero-order valence-corrected chi connectivity index (χ0v) is 16.3. The molecule has 0 bridgehead atoms. The van der Waals surface area contributed by atoms with Gasteiger partial charge in [-0.15, -0.1) is 0 Å². The largest absolute Gasteiger partial charge is 0.507 e. The summed E-state index contributed by atoms with van der Waals surface area (Å²) in [6, 6.07) is 15.2. The molecular formula is C23H22N2O5. The third-order valence-electron chi connectivity index (χ3n) is 5.17. The fraction of sp³-hybridized carbons (Fsp3) is 0.217. The third-order valence-corrected chi connectivity index (χ3v) is 5.17. The van der Waals surface area contributed by atoms with E-state index in [0.29, 0.717) is 16.5 Å². The molecule has 0 radical (unpaired) electrons. The summed E-state index contributed by atoms with van der Waals surface area (Å²) in [6.07, 6.45) is 2.38. The number of amides is 1. The van der Waals surface area contributed by atoms with Crippen molar-refractivity contribution in [3.05, 3.63) is 60.2 Å². The Bertz CT molecular complexity index is 1090. The Morgan fingerprint density at radius 3 is 2.33 bits per heavy atom. The van der Waals surface area contributed by atoms with Crippen molar-refractivity contribution in [1.82, 2.24) is 0 Å². The molecule has 1 saturated heterocycles. The zero-order chi connectivity index (χ0) is 21.1. The summed E-state index contributed by atoms with van der Waals surface area (Å²) in [5.74, 6) is -1.85. The van der Waals surface area contributed by atoms with Crippen LogP contribution in [0.1, 0.15) is 23.2 Å². The number of anilines is 2. The van der Waals surface area contributed by atoms with Crippen molar-refractivity contribution < 1.29 is 24.5 Å². The number of phenols is 2. The van der Waals surface area contributed by atoms with E-state index in [-0.39, 0.29) is 17.1 Å². The molecule has 0 aromatic heterocycles. The van der Waals surface area contributed by atoms with E-state index in [1.165, 1.54) is 12.8 Å². The number of aromatic hydroxyl groups is 2. The van der Waals surface area contributed by atoms with Gasteiger partial charge in [0.25, 0.3) is 5.91 Å². The molecule has 3 N–H and O–H groups in total. The quantitative estimate of drug-likeness (QED) is 0.442. The van der Waals surface area contributed by atoms with Gasteiger partial charge in [0.1, 0.15) is 17.1 Å². The fourth-order valence-corrected chi connectivity index (χ4v) is 3.63. The first-order valence-corrected chi connectivity index (χ1v) is 9.78. The topological polar surface area (TPSA) is 99.1 Å². The molecule has 1 fully saturated rings. The summed E-state index contributed by atoms with van der Waals surface area (Å²) in [4.78, 5) is 26.8. The molecule has 1 amide bonds. The highest BCUT2D eigenvalue weighted by Gasteiger charge is 2.19. The van der Waals surface area contributed by atoms with Crippen LogP contribution in [0, 0.1) is 0 Å². The minimum Gasteiger partial charge on any atom is -0.507 e. The van der Waals surface area contributed by atoms with Gasteiger partial charge in [0.15, 0.2) is 6.61 Å². The standard InChI is InChI=1S/C23H22N2O5/c26-20-13-19(22(28)18-6-2-1-5-17(18)20)23(29)30-14-21(27)24-15-7-9-16(10-8-15)25-11-3-4-12-25/h1-2,5-10,13,26,28H,3-4,11-12,14H2,(H,24,27). The average Bonchev–Trinajstić information content (AvgIpc) is 3.30. The fourth-order valence-electron chi connectivity index (χ4n) is 3.63. The molecule has 0 aliphatic carbocycles. The highest BCUT2D eigenvalue weighted by Crippen LogP contribution is 2.35. The first-order valence-electron chi connectivity index (χ1n) is 9.78. The first kappa shape index (κ1) is 19.6. The monoisotopic (exact) mass is 406 g/mol. The first-order chi connectivity index (χ1) is 14.5. The van der Waals surface area contributed by atoms with Crippen LogP contribution in [-0.2, 0) is 9.53 Å². The molecule has 30 heavy (non-hydrogen) atoms. The number of esters is 1. The maximum absolute atomic E-state index is 12.3. The third kappa shape index (κ3) is 4.00. The molecule has 7 nitrogen and oxygen atoms in total. The number of phenolic OH excluding ortho intramolecular Hbond substituents is 2. The molecule has 7 heteroatoms. The second-order valence-corrected chi connectivity index (χ2v) is 7.20. The van der Waals surface area contributed by atoms with Gasteiger partial charge in [-0.1, -0.05) is 24.3 Å². The Morgan fingerprint density at radius 2 is 1.63 bits per heavy atom. The van der Waals surface area contributed by atoms with E-state index in [1.807, 2.05) is 12.1 Å². The molecule has 0 atom stereocenters. The van der Waals surface area contributed by atoms with E-state index in [1.54, 1.807) is 36.4 Å². The molecule has 154 valence electrons. The molecule has 1 aliphatic heterocycles. The molecule has 4 rings (SSSR count). The average molecular weight is 406 g/mol. The lowest BCUT2D eigenvalue weighted by Gasteiger charge is -2.17. The summed E-state index contributed by atoms with van der Waals surface area (Å²) in [5.41, 5.74) is 1.52. The maximum atomic E-state index is 12.3. The van der Waals surface area contributed by atoms with Gasteiger partial charge in [-0.25, -0.2) is 4.79 Å². The summed E-state index contributed by atoms with van der Waals surface area (Å²) in [6.45, 7) is 1.57. The van der Waals surface area contributed by atoms with Gasteiger partial charge in [0, 0.05) is 35.2 Å². The lowest BCUT2D eigenvalue weighted by atomic mass is 10.0. The summed E-state index contributed by atoms with van der Waals surface area (Å²) >= 11 is 0. The predicted molar refractivity (Wildman–Crippen MR) is 114 cm³/mol. The van der Waals surface area contributed by atoms with Crippen LogP contribution >= 0.6 is 0 Å². The molecule has 1 heterocycles. The number of hydrogen-bond acceptors (Lipinski definition) is 6. The highest BCUT2D eigenvalue weighted by molar-refractivity contribution is 6.04. The molecule has 3 aromatic carbocycles. The van der Waals surface area contributed by atoms with Crippen molar-refractivity contribution >= 4 is 34.0 Å². The molecule has 1 aliphatic rings. The molecule has 3 aromatic rings. The van der Waals surface area contributed by atoms with Crippen LogP contribution < -0.4 is 10.2 Å². The SMILES string of the molecule is O=C(COC(=O)c1cc(O)c2ccccc2c1O)Nc1ccc(N2CCCC2)cc1. The summed E-state index contributed by atoms with van der Waals surface area (Å²) in [7, 11) is 0. The Kier molecular flexibility index (Phi) is 5.43. The molecule has 0 unspecified atom stereocenters. The van der Waals surface area contributed by atoms with Crippen molar-refractivity contribution in [2.24, 2.45) is 0 Å². The molecule has 0 spiro atoms. The van der Waals surface area contributed by atoms with Gasteiger partial charge >= 0.3 is 5.97 Å². The van der Waals surface area contributed by atoms with Gasteiger partial charge in [-0.05, 0) is 43.2 Å². The van der Waals surface area contributed by atoms with Crippen molar-refractivity contribution in [1.29, 1.82) is 0 Å². The van der Waals surface area contributed by atoms with Crippen LogP contribution in [0.3, 0.4) is 0 Å². The van der Waals surface area contributed by atoms with Crippen LogP contribution in [-0.4, -0.2) is 41.8 Å². The summed E-state index contributed by atoms with van der Waals surface area (Å²) in [5, 5.41) is 23.9. The number of carbonyl (C=O) groups is 2. The number of nitrogens with zero attached hydrogens (tertiary/aromatic N) is 1. The van der Waals surface area contributed by atoms with Crippen LogP contribution in [0.25, 0.3) is 10.8 Å². The minimum atomic E-state index is -0.895.